The van der Waals surface area contributed by atoms with Gasteiger partial charge in [0.2, 0.25) is 5.16 Å². The first-order valence-electron chi connectivity index (χ1n) is 8.80. The Morgan fingerprint density at radius 1 is 1.00 bits per heavy atom. The van der Waals surface area contributed by atoms with Crippen molar-refractivity contribution in [3.05, 3.63) is 66.5 Å². The lowest BCUT2D eigenvalue weighted by molar-refractivity contribution is 0.340. The molecule has 3 aromatic heterocycles. The first-order chi connectivity index (χ1) is 14.3. The van der Waals surface area contributed by atoms with Crippen molar-refractivity contribution in [1.29, 1.82) is 5.26 Å². The van der Waals surface area contributed by atoms with E-state index in [9.17, 15) is 0 Å². The number of nitrogens with zero attached hydrogens (tertiary/aromatic N) is 7. The quantitative estimate of drug-likeness (QED) is 0.483. The molecule has 0 saturated carbocycles. The van der Waals surface area contributed by atoms with Crippen LogP contribution in [-0.2, 0) is 0 Å². The third-order valence-corrected chi connectivity index (χ3v) is 4.76. The molecular weight excluding hydrogens is 386 g/mol. The zero-order valence-corrected chi connectivity index (χ0v) is 16.2. The van der Waals surface area contributed by atoms with Crippen molar-refractivity contribution in [3.63, 3.8) is 0 Å². The summed E-state index contributed by atoms with van der Waals surface area (Å²) in [5.74, 6) is 1.40. The van der Waals surface area contributed by atoms with E-state index in [0.717, 1.165) is 11.4 Å². The summed E-state index contributed by atoms with van der Waals surface area (Å²) in [6, 6.07) is 18.6. The van der Waals surface area contributed by atoms with Crippen LogP contribution >= 0.6 is 11.8 Å². The molecule has 1 aromatic carbocycles. The lowest BCUT2D eigenvalue weighted by Crippen LogP contribution is -2.01. The van der Waals surface area contributed by atoms with Crippen LogP contribution in [0, 0.1) is 11.3 Å². The average Bonchev–Trinajstić information content (AvgIpc) is 3.19. The van der Waals surface area contributed by atoms with Crippen LogP contribution < -0.4 is 4.74 Å². The molecule has 0 saturated heterocycles. The van der Waals surface area contributed by atoms with Crippen molar-refractivity contribution in [2.75, 3.05) is 6.61 Å². The molecule has 0 fully saturated rings. The highest BCUT2D eigenvalue weighted by atomic mass is 32.2. The van der Waals surface area contributed by atoms with Crippen molar-refractivity contribution in [1.82, 2.24) is 29.9 Å². The summed E-state index contributed by atoms with van der Waals surface area (Å²) in [4.78, 5) is 4.40. The van der Waals surface area contributed by atoms with Gasteiger partial charge in [-0.3, -0.25) is 9.55 Å². The molecule has 0 spiro atoms. The first kappa shape index (κ1) is 18.6. The Labute approximate surface area is 171 Å². The molecule has 3 heterocycles. The molecule has 9 heteroatoms. The predicted molar refractivity (Wildman–Crippen MR) is 107 cm³/mol. The van der Waals surface area contributed by atoms with Crippen LogP contribution in [0.5, 0.6) is 5.75 Å². The van der Waals surface area contributed by atoms with Gasteiger partial charge in [-0.2, -0.15) is 5.26 Å². The fourth-order valence-electron chi connectivity index (χ4n) is 2.62. The third-order valence-electron chi connectivity index (χ3n) is 3.88. The number of ether oxygens (including phenoxy) is 1. The summed E-state index contributed by atoms with van der Waals surface area (Å²) in [6.07, 6.45) is 1.71. The molecule has 0 N–H and O–H groups in total. The third kappa shape index (κ3) is 4.07. The summed E-state index contributed by atoms with van der Waals surface area (Å²) < 4.78 is 7.44. The predicted octanol–water partition coefficient (Wildman–Crippen LogP) is 3.54. The zero-order chi connectivity index (χ0) is 20.1. The van der Waals surface area contributed by atoms with E-state index in [1.54, 1.807) is 18.3 Å². The molecule has 0 aliphatic rings. The standard InChI is InChI=1S/C20H15N7OS/c1-2-28-16-9-7-15(8-10-16)27-19(17-5-3-4-12-22-17)25-26-20(27)29-18-11-6-14(13-21)23-24-18/h3-12H,2H2,1H3. The fourth-order valence-corrected chi connectivity index (χ4v) is 3.39. The van der Waals surface area contributed by atoms with Gasteiger partial charge in [0.25, 0.3) is 0 Å². The molecule has 0 amide bonds. The van der Waals surface area contributed by atoms with E-state index in [-0.39, 0.29) is 5.69 Å². The molecule has 0 radical (unpaired) electrons. The van der Waals surface area contributed by atoms with Gasteiger partial charge >= 0.3 is 0 Å². The van der Waals surface area contributed by atoms with Gasteiger partial charge in [-0.1, -0.05) is 6.07 Å². The monoisotopic (exact) mass is 401 g/mol. The zero-order valence-electron chi connectivity index (χ0n) is 15.4. The van der Waals surface area contributed by atoms with Gasteiger partial charge in [-0.05, 0) is 67.2 Å². The Morgan fingerprint density at radius 2 is 1.86 bits per heavy atom. The van der Waals surface area contributed by atoms with Gasteiger partial charge in [0, 0.05) is 6.20 Å². The van der Waals surface area contributed by atoms with Crippen LogP contribution in [0.4, 0.5) is 0 Å². The molecular formula is C20H15N7OS. The highest BCUT2D eigenvalue weighted by Gasteiger charge is 2.18. The van der Waals surface area contributed by atoms with Gasteiger partial charge in [0.1, 0.15) is 22.5 Å². The van der Waals surface area contributed by atoms with Crippen molar-refractivity contribution in [2.24, 2.45) is 0 Å². The SMILES string of the molecule is CCOc1ccc(-n2c(Sc3ccc(C#N)nn3)nnc2-c2ccccn2)cc1. The van der Waals surface area contributed by atoms with Gasteiger partial charge in [0.15, 0.2) is 11.5 Å². The second kappa shape index (κ2) is 8.50. The van der Waals surface area contributed by atoms with Crippen molar-refractivity contribution in [3.8, 4) is 29.0 Å². The molecule has 4 rings (SSSR count). The van der Waals surface area contributed by atoms with Crippen LogP contribution in [0.1, 0.15) is 12.6 Å². The number of aromatic nitrogens is 6. The second-order valence-corrected chi connectivity index (χ2v) is 6.74. The van der Waals surface area contributed by atoms with E-state index in [1.165, 1.54) is 11.8 Å². The van der Waals surface area contributed by atoms with E-state index >= 15 is 0 Å². The van der Waals surface area contributed by atoms with Crippen molar-refractivity contribution < 1.29 is 4.74 Å². The van der Waals surface area contributed by atoms with Crippen molar-refractivity contribution in [2.45, 2.75) is 17.1 Å². The highest BCUT2D eigenvalue weighted by Crippen LogP contribution is 2.31. The maximum absolute atomic E-state index is 8.90. The van der Waals surface area contributed by atoms with Crippen LogP contribution in [0.15, 0.2) is 71.0 Å². The van der Waals surface area contributed by atoms with E-state index in [0.29, 0.717) is 28.3 Å². The second-order valence-electron chi connectivity index (χ2n) is 5.75. The van der Waals surface area contributed by atoms with Crippen molar-refractivity contribution >= 4 is 11.8 Å². The minimum absolute atomic E-state index is 0.261. The van der Waals surface area contributed by atoms with Crippen LogP contribution in [0.2, 0.25) is 0 Å². The van der Waals surface area contributed by atoms with E-state index < -0.39 is 0 Å². The Kier molecular flexibility index (Phi) is 5.45. The fraction of sp³-hybridized carbons (Fsp3) is 0.100. The van der Waals surface area contributed by atoms with Crippen LogP contribution in [-0.4, -0.2) is 36.6 Å². The number of hydrogen-bond acceptors (Lipinski definition) is 8. The minimum Gasteiger partial charge on any atom is -0.494 e. The lowest BCUT2D eigenvalue weighted by Gasteiger charge is -2.11. The Morgan fingerprint density at radius 3 is 2.52 bits per heavy atom. The molecule has 8 nitrogen and oxygen atoms in total. The van der Waals surface area contributed by atoms with Gasteiger partial charge in [-0.25, -0.2) is 0 Å². The number of nitriles is 1. The molecule has 0 aliphatic carbocycles. The largest absolute Gasteiger partial charge is 0.494 e. The molecule has 0 atom stereocenters. The molecule has 0 unspecified atom stereocenters. The van der Waals surface area contributed by atoms with E-state index in [2.05, 4.69) is 25.4 Å². The summed E-state index contributed by atoms with van der Waals surface area (Å²) in [5.41, 5.74) is 1.83. The maximum atomic E-state index is 8.90. The minimum atomic E-state index is 0.261. The van der Waals surface area contributed by atoms with E-state index in [1.807, 2.05) is 60.0 Å². The summed E-state index contributed by atoms with van der Waals surface area (Å²) in [6.45, 7) is 2.55. The maximum Gasteiger partial charge on any atom is 0.202 e. The average molecular weight is 401 g/mol. The van der Waals surface area contributed by atoms with Gasteiger partial charge in [-0.15, -0.1) is 20.4 Å². The molecule has 0 aliphatic heterocycles. The summed E-state index contributed by atoms with van der Waals surface area (Å²) >= 11 is 1.31. The topological polar surface area (TPSA) is 102 Å². The van der Waals surface area contributed by atoms with Gasteiger partial charge in [0.05, 0.1) is 12.3 Å². The Bertz CT molecular complexity index is 1140. The summed E-state index contributed by atoms with van der Waals surface area (Å²) in [5, 5.41) is 26.7. The molecule has 4 aromatic rings. The summed E-state index contributed by atoms with van der Waals surface area (Å²) in [7, 11) is 0. The first-order valence-corrected chi connectivity index (χ1v) is 9.62. The molecule has 0 bridgehead atoms. The molecule has 29 heavy (non-hydrogen) atoms. The van der Waals surface area contributed by atoms with E-state index in [4.69, 9.17) is 10.00 Å². The van der Waals surface area contributed by atoms with Gasteiger partial charge < -0.3 is 4.74 Å². The molecule has 142 valence electrons. The smallest absolute Gasteiger partial charge is 0.202 e. The normalized spacial score (nSPS) is 10.5. The highest BCUT2D eigenvalue weighted by molar-refractivity contribution is 7.99. The van der Waals surface area contributed by atoms with Crippen LogP contribution in [0.3, 0.4) is 0 Å². The Balaban J connectivity index is 1.76. The van der Waals surface area contributed by atoms with Crippen LogP contribution in [0.25, 0.3) is 17.2 Å². The number of hydrogen-bond donors (Lipinski definition) is 0. The lowest BCUT2D eigenvalue weighted by atomic mass is 10.3. The Hall–Kier alpha value is -3.77. The number of pyridine rings is 1. The number of benzene rings is 1. The number of rotatable bonds is 6.